The molecule has 2 rings (SSSR count). The summed E-state index contributed by atoms with van der Waals surface area (Å²) >= 11 is 0. The number of carbonyl (C=O) groups excluding carboxylic acids is 2. The molecule has 5 nitrogen and oxygen atoms in total. The number of anilines is 1. The lowest BCUT2D eigenvalue weighted by molar-refractivity contribution is -0.886. The van der Waals surface area contributed by atoms with Gasteiger partial charge in [-0.25, -0.2) is 4.39 Å². The van der Waals surface area contributed by atoms with E-state index in [1.807, 2.05) is 18.9 Å². The minimum absolute atomic E-state index is 0.104. The fourth-order valence-electron chi connectivity index (χ4n) is 3.43. The van der Waals surface area contributed by atoms with Gasteiger partial charge >= 0.3 is 0 Å². The first-order valence-electron chi connectivity index (χ1n) is 8.99. The van der Waals surface area contributed by atoms with E-state index in [1.54, 1.807) is 0 Å². The molecule has 2 amide bonds. The van der Waals surface area contributed by atoms with E-state index in [2.05, 4.69) is 19.2 Å². The van der Waals surface area contributed by atoms with Gasteiger partial charge in [-0.1, -0.05) is 0 Å². The maximum atomic E-state index is 12.9. The molecular weight excluding hydrogens is 321 g/mol. The highest BCUT2D eigenvalue weighted by Gasteiger charge is 2.35. The third-order valence-electron chi connectivity index (χ3n) is 5.13. The Morgan fingerprint density at radius 2 is 1.80 bits per heavy atom. The van der Waals surface area contributed by atoms with Crippen LogP contribution in [0, 0.1) is 5.82 Å². The number of halogens is 1. The number of rotatable bonds is 5. The Balaban J connectivity index is 1.92. The van der Waals surface area contributed by atoms with E-state index in [4.69, 9.17) is 0 Å². The number of likely N-dealkylation sites (N-methyl/N-ethyl adjacent to an activating group) is 1. The quantitative estimate of drug-likeness (QED) is 0.845. The van der Waals surface area contributed by atoms with Crippen LogP contribution in [0.2, 0.25) is 0 Å². The summed E-state index contributed by atoms with van der Waals surface area (Å²) in [5, 5.41) is 2.74. The molecule has 138 valence electrons. The summed E-state index contributed by atoms with van der Waals surface area (Å²) in [6.45, 7) is 6.24. The first kappa shape index (κ1) is 19.4. The molecule has 0 radical (unpaired) electrons. The zero-order valence-corrected chi connectivity index (χ0v) is 15.5. The number of carbonyl (C=O) groups is 2. The molecule has 1 fully saturated rings. The molecule has 1 aliphatic rings. The van der Waals surface area contributed by atoms with Gasteiger partial charge < -0.3 is 15.1 Å². The topological polar surface area (TPSA) is 53.9 Å². The van der Waals surface area contributed by atoms with Crippen molar-refractivity contribution < 1.29 is 18.9 Å². The fourth-order valence-corrected chi connectivity index (χ4v) is 3.43. The largest absolute Gasteiger partial charge is 0.332 e. The van der Waals surface area contributed by atoms with Gasteiger partial charge in [-0.3, -0.25) is 9.59 Å². The zero-order chi connectivity index (χ0) is 18.6. The molecule has 1 aromatic carbocycles. The Morgan fingerprint density at radius 1 is 1.24 bits per heavy atom. The first-order valence-corrected chi connectivity index (χ1v) is 8.99. The van der Waals surface area contributed by atoms with Crippen molar-refractivity contribution in [2.45, 2.75) is 58.2 Å². The van der Waals surface area contributed by atoms with E-state index in [-0.39, 0.29) is 42.3 Å². The number of piperidine rings is 1. The van der Waals surface area contributed by atoms with Crippen LogP contribution >= 0.6 is 0 Å². The third kappa shape index (κ3) is 5.01. The summed E-state index contributed by atoms with van der Waals surface area (Å²) in [5.74, 6) is -0.431. The van der Waals surface area contributed by atoms with Crippen molar-refractivity contribution in [3.63, 3.8) is 0 Å². The van der Waals surface area contributed by atoms with Gasteiger partial charge in [0.2, 0.25) is 0 Å². The first-order chi connectivity index (χ1) is 11.8. The Labute approximate surface area is 149 Å². The highest BCUT2D eigenvalue weighted by molar-refractivity contribution is 5.91. The molecule has 1 aliphatic heterocycles. The molecule has 6 heteroatoms. The minimum Gasteiger partial charge on any atom is -0.332 e. The van der Waals surface area contributed by atoms with E-state index in [1.165, 1.54) is 24.3 Å². The lowest BCUT2D eigenvalue weighted by Crippen LogP contribution is -3.15. The molecule has 1 saturated heterocycles. The number of likely N-dealkylation sites (tertiary alicyclic amines) is 1. The van der Waals surface area contributed by atoms with Crippen molar-refractivity contribution in [2.24, 2.45) is 0 Å². The van der Waals surface area contributed by atoms with E-state index in [0.29, 0.717) is 5.69 Å². The van der Waals surface area contributed by atoms with Crippen LogP contribution in [0.1, 0.15) is 40.0 Å². The number of nitrogens with zero attached hydrogens (tertiary/aromatic N) is 1. The smallest absolute Gasteiger partial charge is 0.281 e. The predicted octanol–water partition coefficient (Wildman–Crippen LogP) is 1.46. The molecule has 25 heavy (non-hydrogen) atoms. The Hall–Kier alpha value is -1.95. The summed E-state index contributed by atoms with van der Waals surface area (Å²) in [6.07, 6.45) is 3.23. The molecule has 1 heterocycles. The standard InChI is InChI=1S/C19H28FN3O2/c1-13-6-5-7-14(2)23(13)19(25)15(3)22(4)12-18(24)21-17-10-8-16(20)9-11-17/h8-11,13-15H,5-7,12H2,1-4H3,(H,21,24)/p+1/t13-,14-,15-/m1/s1. The van der Waals surface area contributed by atoms with Crippen molar-refractivity contribution in [2.75, 3.05) is 18.9 Å². The van der Waals surface area contributed by atoms with E-state index in [0.717, 1.165) is 24.2 Å². The maximum absolute atomic E-state index is 12.9. The minimum atomic E-state index is -0.343. The van der Waals surface area contributed by atoms with Crippen LogP contribution in [0.15, 0.2) is 24.3 Å². The van der Waals surface area contributed by atoms with Gasteiger partial charge in [0.25, 0.3) is 11.8 Å². The summed E-state index contributed by atoms with van der Waals surface area (Å²) in [6, 6.07) is 5.86. The summed E-state index contributed by atoms with van der Waals surface area (Å²) in [5.41, 5.74) is 0.552. The van der Waals surface area contributed by atoms with Gasteiger partial charge in [-0.2, -0.15) is 0 Å². The van der Waals surface area contributed by atoms with Gasteiger partial charge in [0, 0.05) is 17.8 Å². The van der Waals surface area contributed by atoms with Crippen LogP contribution in [0.3, 0.4) is 0 Å². The van der Waals surface area contributed by atoms with Crippen molar-refractivity contribution in [1.29, 1.82) is 0 Å². The second-order valence-corrected chi connectivity index (χ2v) is 7.17. The van der Waals surface area contributed by atoms with Crippen molar-refractivity contribution in [3.8, 4) is 0 Å². The van der Waals surface area contributed by atoms with Gasteiger partial charge in [-0.15, -0.1) is 0 Å². The molecule has 0 aromatic heterocycles. The van der Waals surface area contributed by atoms with Gasteiger partial charge in [0.05, 0.1) is 7.05 Å². The number of nitrogens with one attached hydrogen (secondary N) is 2. The average Bonchev–Trinajstić information content (AvgIpc) is 2.55. The molecule has 0 bridgehead atoms. The highest BCUT2D eigenvalue weighted by atomic mass is 19.1. The average molecular weight is 350 g/mol. The van der Waals surface area contributed by atoms with Crippen LogP contribution in [0.4, 0.5) is 10.1 Å². The molecule has 1 unspecified atom stereocenters. The lowest BCUT2D eigenvalue weighted by atomic mass is 9.96. The molecule has 4 atom stereocenters. The SMILES string of the molecule is C[C@@H]1CCC[C@@H](C)N1C(=O)[C@@H](C)[NH+](C)CC(=O)Nc1ccc(F)cc1. The van der Waals surface area contributed by atoms with Crippen LogP contribution in [-0.2, 0) is 9.59 Å². The lowest BCUT2D eigenvalue weighted by Gasteiger charge is -2.40. The van der Waals surface area contributed by atoms with Crippen molar-refractivity contribution in [3.05, 3.63) is 30.1 Å². The Morgan fingerprint density at radius 3 is 2.36 bits per heavy atom. The predicted molar refractivity (Wildman–Crippen MR) is 95.9 cm³/mol. The third-order valence-corrected chi connectivity index (χ3v) is 5.13. The Bertz CT molecular complexity index is 595. The van der Waals surface area contributed by atoms with Gasteiger partial charge in [0.15, 0.2) is 12.6 Å². The summed E-state index contributed by atoms with van der Waals surface area (Å²) < 4.78 is 12.9. The number of hydrogen-bond acceptors (Lipinski definition) is 2. The van der Waals surface area contributed by atoms with Gasteiger partial charge in [-0.05, 0) is 64.3 Å². The van der Waals surface area contributed by atoms with E-state index in [9.17, 15) is 14.0 Å². The second-order valence-electron chi connectivity index (χ2n) is 7.17. The molecule has 2 N–H and O–H groups in total. The number of amides is 2. The number of benzene rings is 1. The van der Waals surface area contributed by atoms with E-state index >= 15 is 0 Å². The van der Waals surface area contributed by atoms with Crippen LogP contribution < -0.4 is 10.2 Å². The number of quaternary nitrogens is 1. The van der Waals surface area contributed by atoms with Crippen LogP contribution in [-0.4, -0.2) is 48.4 Å². The number of hydrogen-bond donors (Lipinski definition) is 2. The molecule has 0 saturated carbocycles. The molecule has 0 spiro atoms. The monoisotopic (exact) mass is 350 g/mol. The van der Waals surface area contributed by atoms with E-state index < -0.39 is 0 Å². The van der Waals surface area contributed by atoms with Crippen molar-refractivity contribution >= 4 is 17.5 Å². The Kier molecular flexibility index (Phi) is 6.53. The normalized spacial score (nSPS) is 23.0. The highest BCUT2D eigenvalue weighted by Crippen LogP contribution is 2.22. The molecule has 0 aliphatic carbocycles. The van der Waals surface area contributed by atoms with Gasteiger partial charge in [0.1, 0.15) is 5.82 Å². The van der Waals surface area contributed by atoms with Crippen LogP contribution in [0.25, 0.3) is 0 Å². The van der Waals surface area contributed by atoms with Crippen LogP contribution in [0.5, 0.6) is 0 Å². The van der Waals surface area contributed by atoms with Crippen molar-refractivity contribution in [1.82, 2.24) is 4.90 Å². The molecule has 1 aromatic rings. The molecular formula is C19H29FN3O2+. The second kappa shape index (κ2) is 8.43. The summed E-state index contributed by atoms with van der Waals surface area (Å²) in [7, 11) is 1.85. The summed E-state index contributed by atoms with van der Waals surface area (Å²) in [4.78, 5) is 27.9. The maximum Gasteiger partial charge on any atom is 0.281 e. The zero-order valence-electron chi connectivity index (χ0n) is 15.5. The fraction of sp³-hybridized carbons (Fsp3) is 0.579.